The SMILES string of the molecule is CCCCCCCCCCCCCCCCCC(=O)[O-].O=C(O)CCCCC(=O)O.[Li+]. The van der Waals surface area contributed by atoms with Crippen molar-refractivity contribution in [3.05, 3.63) is 0 Å². The van der Waals surface area contributed by atoms with Crippen LogP contribution in [-0.4, -0.2) is 28.1 Å². The first-order valence-corrected chi connectivity index (χ1v) is 12.0. The van der Waals surface area contributed by atoms with Crippen LogP contribution in [0.2, 0.25) is 0 Å². The number of hydrogen-bond donors (Lipinski definition) is 2. The van der Waals surface area contributed by atoms with Crippen LogP contribution in [-0.2, 0) is 14.4 Å². The van der Waals surface area contributed by atoms with E-state index in [4.69, 9.17) is 10.2 Å². The summed E-state index contributed by atoms with van der Waals surface area (Å²) in [5, 5.41) is 26.5. The smallest absolute Gasteiger partial charge is 0.550 e. The molecule has 0 aliphatic heterocycles. The molecular formula is C24H45LiO6. The molecule has 0 atom stereocenters. The molecule has 0 heterocycles. The Kier molecular flexibility index (Phi) is 32.4. The second-order valence-corrected chi connectivity index (χ2v) is 8.07. The summed E-state index contributed by atoms with van der Waals surface area (Å²) < 4.78 is 0. The minimum absolute atomic E-state index is 0. The third-order valence-corrected chi connectivity index (χ3v) is 5.02. The Hall–Kier alpha value is -0.993. The quantitative estimate of drug-likeness (QED) is 0.211. The first kappa shape index (κ1) is 34.6. The molecule has 178 valence electrons. The predicted octanol–water partition coefficient (Wildman–Crippen LogP) is 2.72. The molecule has 0 aliphatic rings. The minimum Gasteiger partial charge on any atom is -0.550 e. The van der Waals surface area contributed by atoms with Crippen molar-refractivity contribution in [2.75, 3.05) is 0 Å². The molecule has 0 aromatic heterocycles. The molecule has 0 rings (SSSR count). The van der Waals surface area contributed by atoms with Crippen molar-refractivity contribution in [2.24, 2.45) is 0 Å². The molecule has 0 aromatic carbocycles. The van der Waals surface area contributed by atoms with Crippen molar-refractivity contribution in [3.8, 4) is 0 Å². The van der Waals surface area contributed by atoms with Gasteiger partial charge in [0.1, 0.15) is 0 Å². The van der Waals surface area contributed by atoms with E-state index in [1.54, 1.807) is 0 Å². The molecule has 0 bridgehead atoms. The summed E-state index contributed by atoms with van der Waals surface area (Å²) >= 11 is 0. The average molecular weight is 437 g/mol. The van der Waals surface area contributed by atoms with E-state index < -0.39 is 17.9 Å². The van der Waals surface area contributed by atoms with E-state index in [1.807, 2.05) is 0 Å². The van der Waals surface area contributed by atoms with Gasteiger partial charge in [-0.15, -0.1) is 0 Å². The normalized spacial score (nSPS) is 9.97. The van der Waals surface area contributed by atoms with Crippen LogP contribution in [0.15, 0.2) is 0 Å². The van der Waals surface area contributed by atoms with Gasteiger partial charge in [-0.2, -0.15) is 0 Å². The van der Waals surface area contributed by atoms with Gasteiger partial charge in [0.15, 0.2) is 0 Å². The fourth-order valence-electron chi connectivity index (χ4n) is 3.19. The van der Waals surface area contributed by atoms with Gasteiger partial charge in [0.05, 0.1) is 0 Å². The Balaban J connectivity index is -0.000000604. The van der Waals surface area contributed by atoms with E-state index >= 15 is 0 Å². The van der Waals surface area contributed by atoms with E-state index in [9.17, 15) is 19.5 Å². The fourth-order valence-corrected chi connectivity index (χ4v) is 3.19. The number of unbranched alkanes of at least 4 members (excludes halogenated alkanes) is 15. The van der Waals surface area contributed by atoms with Crippen molar-refractivity contribution in [2.45, 2.75) is 135 Å². The van der Waals surface area contributed by atoms with Gasteiger partial charge >= 0.3 is 30.8 Å². The molecule has 0 radical (unpaired) electrons. The maximum atomic E-state index is 10.2. The average Bonchev–Trinajstić information content (AvgIpc) is 2.68. The maximum Gasteiger partial charge on any atom is 1.00 e. The van der Waals surface area contributed by atoms with Gasteiger partial charge in [-0.3, -0.25) is 9.59 Å². The molecule has 0 fully saturated rings. The topological polar surface area (TPSA) is 115 Å². The summed E-state index contributed by atoms with van der Waals surface area (Å²) in [6, 6.07) is 0. The molecule has 0 unspecified atom stereocenters. The number of carbonyl (C=O) groups excluding carboxylic acids is 1. The van der Waals surface area contributed by atoms with Crippen LogP contribution in [0.5, 0.6) is 0 Å². The Labute approximate surface area is 201 Å². The molecule has 0 saturated heterocycles. The monoisotopic (exact) mass is 436 g/mol. The first-order valence-electron chi connectivity index (χ1n) is 12.0. The van der Waals surface area contributed by atoms with Crippen molar-refractivity contribution >= 4 is 17.9 Å². The minimum atomic E-state index is -0.903. The van der Waals surface area contributed by atoms with Gasteiger partial charge in [-0.05, 0) is 25.7 Å². The Bertz CT molecular complexity index is 399. The van der Waals surface area contributed by atoms with Crippen LogP contribution in [0.25, 0.3) is 0 Å². The fraction of sp³-hybridized carbons (Fsp3) is 0.875. The van der Waals surface area contributed by atoms with Crippen molar-refractivity contribution < 1.29 is 48.6 Å². The molecule has 0 aromatic rings. The standard InChI is InChI=1S/C18H36O2.C6H10O4.Li/c1-2-3-4-5-6-7-8-9-10-11-12-13-14-15-16-17-18(19)20;7-5(8)3-1-2-4-6(9)10;/h2-17H2,1H3,(H,19,20);1-4H2,(H,7,8)(H,9,10);/q;;+1/p-1. The zero-order valence-electron chi connectivity index (χ0n) is 20.2. The van der Waals surface area contributed by atoms with E-state index in [0.29, 0.717) is 12.8 Å². The first-order chi connectivity index (χ1) is 14.4. The van der Waals surface area contributed by atoms with E-state index in [-0.39, 0.29) is 38.1 Å². The van der Waals surface area contributed by atoms with E-state index in [2.05, 4.69) is 6.92 Å². The Morgan fingerprint density at radius 3 is 1.03 bits per heavy atom. The number of carboxylic acids is 3. The summed E-state index contributed by atoms with van der Waals surface area (Å²) in [5.74, 6) is -2.64. The molecule has 0 amide bonds. The summed E-state index contributed by atoms with van der Waals surface area (Å²) in [5.41, 5.74) is 0. The molecule has 7 heteroatoms. The Morgan fingerprint density at radius 2 is 0.774 bits per heavy atom. The van der Waals surface area contributed by atoms with Gasteiger partial charge in [-0.25, -0.2) is 0 Å². The Morgan fingerprint density at radius 1 is 0.516 bits per heavy atom. The van der Waals surface area contributed by atoms with Crippen LogP contribution in [0, 0.1) is 0 Å². The number of carboxylic acid groups (broad SMARTS) is 3. The molecule has 0 spiro atoms. The molecule has 0 aliphatic carbocycles. The number of carbonyl (C=O) groups is 3. The van der Waals surface area contributed by atoms with Crippen LogP contribution in [0.4, 0.5) is 0 Å². The molecule has 31 heavy (non-hydrogen) atoms. The van der Waals surface area contributed by atoms with Crippen LogP contribution < -0.4 is 24.0 Å². The van der Waals surface area contributed by atoms with Gasteiger partial charge in [-0.1, -0.05) is 96.8 Å². The third-order valence-electron chi connectivity index (χ3n) is 5.02. The zero-order chi connectivity index (χ0) is 22.9. The van der Waals surface area contributed by atoms with Crippen LogP contribution in [0.1, 0.15) is 135 Å². The van der Waals surface area contributed by atoms with Gasteiger partial charge < -0.3 is 20.1 Å². The largest absolute Gasteiger partial charge is 1.00 e. The predicted molar refractivity (Wildman–Crippen MR) is 118 cm³/mol. The van der Waals surface area contributed by atoms with Gasteiger partial charge in [0.2, 0.25) is 0 Å². The van der Waals surface area contributed by atoms with E-state index in [1.165, 1.54) is 83.5 Å². The van der Waals surface area contributed by atoms with Crippen LogP contribution in [0.3, 0.4) is 0 Å². The molecule has 0 saturated carbocycles. The number of aliphatic carboxylic acids is 3. The number of hydrogen-bond acceptors (Lipinski definition) is 4. The van der Waals surface area contributed by atoms with Crippen LogP contribution >= 0.6 is 0 Å². The van der Waals surface area contributed by atoms with Crippen molar-refractivity contribution in [1.82, 2.24) is 0 Å². The maximum absolute atomic E-state index is 10.2. The summed E-state index contributed by atoms with van der Waals surface area (Å²) in [6.07, 6.45) is 20.9. The summed E-state index contributed by atoms with van der Waals surface area (Å²) in [7, 11) is 0. The third kappa shape index (κ3) is 40.0. The second-order valence-electron chi connectivity index (χ2n) is 8.07. The zero-order valence-corrected chi connectivity index (χ0v) is 20.2. The second kappa shape index (κ2) is 29.0. The van der Waals surface area contributed by atoms with Crippen molar-refractivity contribution in [3.63, 3.8) is 0 Å². The van der Waals surface area contributed by atoms with Gasteiger partial charge in [0.25, 0.3) is 0 Å². The van der Waals surface area contributed by atoms with Gasteiger partial charge in [0, 0.05) is 18.8 Å². The summed E-state index contributed by atoms with van der Waals surface area (Å²) in [4.78, 5) is 30.0. The summed E-state index contributed by atoms with van der Waals surface area (Å²) in [6.45, 7) is 2.27. The van der Waals surface area contributed by atoms with E-state index in [0.717, 1.165) is 12.8 Å². The molecule has 6 nitrogen and oxygen atoms in total. The molecule has 2 N–H and O–H groups in total. The number of rotatable bonds is 21. The van der Waals surface area contributed by atoms with Crippen molar-refractivity contribution in [1.29, 1.82) is 0 Å². The molecular weight excluding hydrogens is 391 g/mol.